The number of hydrogen-bond acceptors (Lipinski definition) is 7. The lowest BCUT2D eigenvalue weighted by molar-refractivity contribution is 0.414. The van der Waals surface area contributed by atoms with Crippen LogP contribution in [-0.2, 0) is 0 Å². The summed E-state index contributed by atoms with van der Waals surface area (Å²) in [6, 6.07) is 7.91. The van der Waals surface area contributed by atoms with E-state index in [1.807, 2.05) is 36.6 Å². The Balaban J connectivity index is 1.84. The maximum atomic E-state index is 5.39. The minimum absolute atomic E-state index is 0.113. The number of nitrogens with one attached hydrogen (secondary N) is 1. The summed E-state index contributed by atoms with van der Waals surface area (Å²) >= 11 is 0. The first-order valence-corrected chi connectivity index (χ1v) is 9.56. The van der Waals surface area contributed by atoms with Gasteiger partial charge in [0.2, 0.25) is 12.3 Å². The highest BCUT2D eigenvalue weighted by Gasteiger charge is 2.21. The molecule has 1 aromatic carbocycles. The Morgan fingerprint density at radius 2 is 2.03 bits per heavy atom. The number of benzene rings is 1. The Morgan fingerprint density at radius 1 is 1.21 bits per heavy atom. The van der Waals surface area contributed by atoms with Crippen LogP contribution in [0.3, 0.4) is 0 Å². The largest absolute Gasteiger partial charge is 0.497 e. The van der Waals surface area contributed by atoms with Crippen LogP contribution in [0.15, 0.2) is 35.1 Å². The predicted molar refractivity (Wildman–Crippen MR) is 110 cm³/mol. The second-order valence-electron chi connectivity index (χ2n) is 7.04. The van der Waals surface area contributed by atoms with E-state index >= 15 is 0 Å². The lowest BCUT2D eigenvalue weighted by Crippen LogP contribution is -2.14. The molecule has 150 valence electrons. The number of aryl methyl sites for hydroxylation is 3. The summed E-state index contributed by atoms with van der Waals surface area (Å²) in [5, 5.41) is 16.1. The van der Waals surface area contributed by atoms with Gasteiger partial charge in [-0.25, -0.2) is 4.98 Å². The Bertz CT molecular complexity index is 1150. The fourth-order valence-corrected chi connectivity index (χ4v) is 3.56. The summed E-state index contributed by atoms with van der Waals surface area (Å²) in [5.41, 5.74) is 5.82. The van der Waals surface area contributed by atoms with E-state index in [1.54, 1.807) is 7.11 Å². The number of aromatic nitrogens is 5. The van der Waals surface area contributed by atoms with Crippen molar-refractivity contribution in [3.05, 3.63) is 53.5 Å². The number of anilines is 1. The molecule has 0 amide bonds. The fraction of sp³-hybridized carbons (Fsp3) is 0.333. The third-order valence-corrected chi connectivity index (χ3v) is 5.00. The van der Waals surface area contributed by atoms with Gasteiger partial charge in [-0.05, 0) is 50.5 Å². The van der Waals surface area contributed by atoms with E-state index in [1.165, 1.54) is 6.39 Å². The first kappa shape index (κ1) is 18.9. The number of nitrogens with zero attached hydrogens (tertiary/aromatic N) is 5. The Labute approximate surface area is 168 Å². The van der Waals surface area contributed by atoms with E-state index in [0.717, 1.165) is 51.7 Å². The monoisotopic (exact) mass is 392 g/mol. The van der Waals surface area contributed by atoms with Crippen molar-refractivity contribution in [1.29, 1.82) is 0 Å². The Morgan fingerprint density at radius 3 is 2.69 bits per heavy atom. The van der Waals surface area contributed by atoms with Gasteiger partial charge in [0.25, 0.3) is 0 Å². The Hall–Kier alpha value is -3.42. The summed E-state index contributed by atoms with van der Waals surface area (Å²) in [6.07, 6.45) is 2.13. The van der Waals surface area contributed by atoms with Crippen molar-refractivity contribution < 1.29 is 9.15 Å². The maximum absolute atomic E-state index is 5.39. The van der Waals surface area contributed by atoms with Crippen LogP contribution >= 0.6 is 0 Å². The molecule has 29 heavy (non-hydrogen) atoms. The van der Waals surface area contributed by atoms with Crippen LogP contribution in [0.2, 0.25) is 0 Å². The quantitative estimate of drug-likeness (QED) is 0.524. The minimum atomic E-state index is -0.113. The SMILES string of the molecule is CCC(Nc1cc(C)nc2c(-c3ccc(OC)cc3C)c(C)nn12)c1nnco1. The van der Waals surface area contributed by atoms with Crippen LogP contribution in [0.5, 0.6) is 5.75 Å². The summed E-state index contributed by atoms with van der Waals surface area (Å²) in [7, 11) is 1.67. The molecule has 3 heterocycles. The molecule has 0 bridgehead atoms. The van der Waals surface area contributed by atoms with Gasteiger partial charge in [0.15, 0.2) is 5.65 Å². The zero-order chi connectivity index (χ0) is 20.5. The molecule has 0 saturated heterocycles. The molecule has 0 radical (unpaired) electrons. The molecular formula is C21H24N6O2. The van der Waals surface area contributed by atoms with Crippen LogP contribution in [0, 0.1) is 20.8 Å². The highest BCUT2D eigenvalue weighted by atomic mass is 16.5. The van der Waals surface area contributed by atoms with Crippen LogP contribution in [-0.4, -0.2) is 31.9 Å². The first-order valence-electron chi connectivity index (χ1n) is 9.56. The zero-order valence-corrected chi connectivity index (χ0v) is 17.2. The molecule has 8 heteroatoms. The van der Waals surface area contributed by atoms with E-state index in [4.69, 9.17) is 19.2 Å². The predicted octanol–water partition coefficient (Wildman–Crippen LogP) is 4.28. The molecule has 8 nitrogen and oxygen atoms in total. The molecule has 4 aromatic rings. The minimum Gasteiger partial charge on any atom is -0.497 e. The maximum Gasteiger partial charge on any atom is 0.238 e. The van der Waals surface area contributed by atoms with Gasteiger partial charge in [-0.3, -0.25) is 0 Å². The molecule has 0 aliphatic rings. The normalized spacial score (nSPS) is 12.3. The van der Waals surface area contributed by atoms with E-state index in [0.29, 0.717) is 5.89 Å². The molecule has 0 saturated carbocycles. The van der Waals surface area contributed by atoms with Crippen molar-refractivity contribution in [1.82, 2.24) is 24.8 Å². The molecule has 0 aliphatic heterocycles. The van der Waals surface area contributed by atoms with Gasteiger partial charge in [0.05, 0.1) is 12.8 Å². The number of hydrogen-bond donors (Lipinski definition) is 1. The van der Waals surface area contributed by atoms with Crippen molar-refractivity contribution in [3.8, 4) is 16.9 Å². The summed E-state index contributed by atoms with van der Waals surface area (Å²) in [6.45, 7) is 8.11. The van der Waals surface area contributed by atoms with Gasteiger partial charge in [0.1, 0.15) is 17.6 Å². The third-order valence-electron chi connectivity index (χ3n) is 5.00. The van der Waals surface area contributed by atoms with Gasteiger partial charge >= 0.3 is 0 Å². The van der Waals surface area contributed by atoms with Crippen molar-refractivity contribution in [3.63, 3.8) is 0 Å². The van der Waals surface area contributed by atoms with Crippen molar-refractivity contribution in [2.75, 3.05) is 12.4 Å². The Kier molecular flexibility index (Phi) is 4.92. The zero-order valence-electron chi connectivity index (χ0n) is 17.2. The lowest BCUT2D eigenvalue weighted by atomic mass is 10.0. The number of rotatable bonds is 6. The third kappa shape index (κ3) is 3.41. The van der Waals surface area contributed by atoms with Crippen LogP contribution in [0.4, 0.5) is 5.82 Å². The number of ether oxygens (including phenoxy) is 1. The molecule has 0 spiro atoms. The topological polar surface area (TPSA) is 90.4 Å². The summed E-state index contributed by atoms with van der Waals surface area (Å²) < 4.78 is 12.6. The molecular weight excluding hydrogens is 368 g/mol. The second kappa shape index (κ2) is 7.54. The standard InChI is InChI=1S/C21H24N6O2/c1-6-17(21-25-22-11-29-21)24-18-10-13(3)23-20-19(14(4)26-27(18)20)16-8-7-15(28-5)9-12(16)2/h7-11,17,24H,6H2,1-5H3. The van der Waals surface area contributed by atoms with Crippen molar-refractivity contribution >= 4 is 11.5 Å². The average molecular weight is 392 g/mol. The molecule has 1 unspecified atom stereocenters. The average Bonchev–Trinajstić information content (AvgIpc) is 3.34. The molecule has 1 N–H and O–H groups in total. The molecule has 1 atom stereocenters. The highest BCUT2D eigenvalue weighted by molar-refractivity contribution is 5.83. The van der Waals surface area contributed by atoms with Gasteiger partial charge in [-0.1, -0.05) is 13.0 Å². The van der Waals surface area contributed by atoms with Crippen molar-refractivity contribution in [2.24, 2.45) is 0 Å². The smallest absolute Gasteiger partial charge is 0.238 e. The highest BCUT2D eigenvalue weighted by Crippen LogP contribution is 2.34. The van der Waals surface area contributed by atoms with Gasteiger partial charge in [0, 0.05) is 17.3 Å². The fourth-order valence-electron chi connectivity index (χ4n) is 3.56. The van der Waals surface area contributed by atoms with Crippen molar-refractivity contribution in [2.45, 2.75) is 40.2 Å². The number of fused-ring (bicyclic) bond motifs is 1. The second-order valence-corrected chi connectivity index (χ2v) is 7.04. The molecule has 4 rings (SSSR count). The van der Waals surface area contributed by atoms with Crippen LogP contribution < -0.4 is 10.1 Å². The van der Waals surface area contributed by atoms with E-state index in [-0.39, 0.29) is 6.04 Å². The van der Waals surface area contributed by atoms with Gasteiger partial charge < -0.3 is 14.5 Å². The first-order chi connectivity index (χ1) is 14.0. The summed E-state index contributed by atoms with van der Waals surface area (Å²) in [4.78, 5) is 4.79. The van der Waals surface area contributed by atoms with E-state index in [2.05, 4.69) is 35.4 Å². The van der Waals surface area contributed by atoms with Gasteiger partial charge in [-0.2, -0.15) is 9.61 Å². The van der Waals surface area contributed by atoms with E-state index in [9.17, 15) is 0 Å². The summed E-state index contributed by atoms with van der Waals surface area (Å²) in [5.74, 6) is 2.21. The number of methoxy groups -OCH3 is 1. The molecule has 3 aromatic heterocycles. The lowest BCUT2D eigenvalue weighted by Gasteiger charge is -2.16. The molecule has 0 fully saturated rings. The van der Waals surface area contributed by atoms with Crippen LogP contribution in [0.25, 0.3) is 16.8 Å². The van der Waals surface area contributed by atoms with E-state index < -0.39 is 0 Å². The van der Waals surface area contributed by atoms with Crippen LogP contribution in [0.1, 0.15) is 42.2 Å². The van der Waals surface area contributed by atoms with Gasteiger partial charge in [-0.15, -0.1) is 10.2 Å². The molecule has 0 aliphatic carbocycles.